The van der Waals surface area contributed by atoms with E-state index in [2.05, 4.69) is 47.2 Å². The lowest BCUT2D eigenvalue weighted by atomic mass is 9.89. The lowest BCUT2D eigenvalue weighted by molar-refractivity contribution is 0.0666. The molecule has 1 aromatic carbocycles. The number of methoxy groups -OCH3 is 1. The Bertz CT molecular complexity index is 1240. The minimum absolute atomic E-state index is 0.0607. The number of ether oxygens (including phenoxy) is 1. The number of rotatable bonds is 5. The van der Waals surface area contributed by atoms with Gasteiger partial charge in [-0.3, -0.25) is 9.78 Å². The largest absolute Gasteiger partial charge is 0.453 e. The number of hydrogen-bond donors (Lipinski definition) is 1. The molecule has 1 N–H and O–H groups in total. The summed E-state index contributed by atoms with van der Waals surface area (Å²) >= 11 is 0. The van der Waals surface area contributed by atoms with E-state index in [0.717, 1.165) is 30.5 Å². The Morgan fingerprint density at radius 3 is 2.88 bits per heavy atom. The molecule has 164 valence electrons. The average Bonchev–Trinajstić information content (AvgIpc) is 3.44. The molecule has 0 aliphatic carbocycles. The van der Waals surface area contributed by atoms with Gasteiger partial charge in [-0.25, -0.2) is 0 Å². The maximum absolute atomic E-state index is 13.1. The Balaban J connectivity index is 1.49. The quantitative estimate of drug-likeness (QED) is 0.467. The molecule has 1 atom stereocenters. The van der Waals surface area contributed by atoms with Gasteiger partial charge in [0.2, 0.25) is 0 Å². The SMILES string of the molecule is COCc1ccc(C(=O)N2CCCC(c3[nH]c4ccc(C)cc4c3-c3ccncc3)C2)o1. The van der Waals surface area contributed by atoms with E-state index in [1.807, 2.05) is 17.3 Å². The molecule has 0 radical (unpaired) electrons. The van der Waals surface area contributed by atoms with Crippen LogP contribution in [0.4, 0.5) is 0 Å². The Morgan fingerprint density at radius 2 is 2.06 bits per heavy atom. The average molecular weight is 430 g/mol. The van der Waals surface area contributed by atoms with E-state index in [1.54, 1.807) is 19.2 Å². The van der Waals surface area contributed by atoms with Crippen molar-refractivity contribution in [1.82, 2.24) is 14.9 Å². The lowest BCUT2D eigenvalue weighted by Gasteiger charge is -2.32. The van der Waals surface area contributed by atoms with E-state index in [9.17, 15) is 4.79 Å². The van der Waals surface area contributed by atoms with Crippen LogP contribution in [0.3, 0.4) is 0 Å². The highest BCUT2D eigenvalue weighted by Gasteiger charge is 2.30. The Hall–Kier alpha value is -3.38. The first-order chi connectivity index (χ1) is 15.6. The molecular weight excluding hydrogens is 402 g/mol. The molecule has 3 aromatic heterocycles. The second kappa shape index (κ2) is 8.63. The minimum Gasteiger partial charge on any atom is -0.453 e. The molecular formula is C26H27N3O3. The highest BCUT2D eigenvalue weighted by atomic mass is 16.5. The number of H-pyrrole nitrogens is 1. The van der Waals surface area contributed by atoms with Gasteiger partial charge in [-0.1, -0.05) is 11.6 Å². The van der Waals surface area contributed by atoms with Gasteiger partial charge in [0.25, 0.3) is 5.91 Å². The Labute approximate surface area is 187 Å². The molecule has 1 unspecified atom stereocenters. The van der Waals surface area contributed by atoms with Crippen LogP contribution in [0.1, 0.15) is 46.3 Å². The summed E-state index contributed by atoms with van der Waals surface area (Å²) in [7, 11) is 1.61. The van der Waals surface area contributed by atoms with Gasteiger partial charge in [0, 0.05) is 60.7 Å². The van der Waals surface area contributed by atoms with E-state index in [-0.39, 0.29) is 11.8 Å². The number of nitrogens with zero attached hydrogens (tertiary/aromatic N) is 2. The van der Waals surface area contributed by atoms with Gasteiger partial charge in [-0.15, -0.1) is 0 Å². The number of hydrogen-bond acceptors (Lipinski definition) is 4. The Kier molecular flexibility index (Phi) is 5.53. The first-order valence-electron chi connectivity index (χ1n) is 11.0. The number of furan rings is 1. The van der Waals surface area contributed by atoms with Crippen molar-refractivity contribution < 1.29 is 13.9 Å². The van der Waals surface area contributed by atoms with E-state index in [1.165, 1.54) is 22.2 Å². The maximum Gasteiger partial charge on any atom is 0.289 e. The zero-order chi connectivity index (χ0) is 22.1. The van der Waals surface area contributed by atoms with Gasteiger partial charge in [0.05, 0.1) is 0 Å². The molecule has 4 heterocycles. The third-order valence-electron chi connectivity index (χ3n) is 6.23. The topological polar surface area (TPSA) is 71.4 Å². The fraction of sp³-hybridized carbons (Fsp3) is 0.308. The molecule has 5 rings (SSSR count). The second-order valence-corrected chi connectivity index (χ2v) is 8.49. The summed E-state index contributed by atoms with van der Waals surface area (Å²) in [5, 5.41) is 1.21. The fourth-order valence-corrected chi connectivity index (χ4v) is 4.73. The summed E-state index contributed by atoms with van der Waals surface area (Å²) < 4.78 is 10.8. The summed E-state index contributed by atoms with van der Waals surface area (Å²) in [5.74, 6) is 1.20. The van der Waals surface area contributed by atoms with E-state index in [0.29, 0.717) is 24.7 Å². The van der Waals surface area contributed by atoms with Crippen LogP contribution in [0.15, 0.2) is 59.3 Å². The van der Waals surface area contributed by atoms with Crippen molar-refractivity contribution in [2.24, 2.45) is 0 Å². The van der Waals surface area contributed by atoms with Crippen LogP contribution in [0.25, 0.3) is 22.0 Å². The molecule has 1 aliphatic heterocycles. The molecule has 1 amide bonds. The number of pyridine rings is 1. The zero-order valence-electron chi connectivity index (χ0n) is 18.4. The molecule has 1 fully saturated rings. The number of likely N-dealkylation sites (tertiary alicyclic amines) is 1. The predicted octanol–water partition coefficient (Wildman–Crippen LogP) is 5.30. The van der Waals surface area contributed by atoms with Crippen molar-refractivity contribution in [2.75, 3.05) is 20.2 Å². The number of carbonyl (C=O) groups excluding carboxylic acids is 1. The third kappa shape index (κ3) is 3.82. The fourth-order valence-electron chi connectivity index (χ4n) is 4.73. The van der Waals surface area contributed by atoms with Crippen molar-refractivity contribution in [3.8, 4) is 11.1 Å². The first kappa shape index (κ1) is 20.5. The lowest BCUT2D eigenvalue weighted by Crippen LogP contribution is -2.39. The Morgan fingerprint density at radius 1 is 1.22 bits per heavy atom. The number of fused-ring (bicyclic) bond motifs is 1. The number of amides is 1. The van der Waals surface area contributed by atoms with Crippen molar-refractivity contribution in [3.63, 3.8) is 0 Å². The molecule has 4 aromatic rings. The second-order valence-electron chi connectivity index (χ2n) is 8.49. The zero-order valence-corrected chi connectivity index (χ0v) is 18.4. The van der Waals surface area contributed by atoms with E-state index >= 15 is 0 Å². The van der Waals surface area contributed by atoms with Gasteiger partial charge in [0.1, 0.15) is 12.4 Å². The molecule has 1 saturated heterocycles. The highest BCUT2D eigenvalue weighted by Crippen LogP contribution is 2.39. The van der Waals surface area contributed by atoms with Gasteiger partial charge in [0.15, 0.2) is 5.76 Å². The van der Waals surface area contributed by atoms with Crippen LogP contribution in [0, 0.1) is 6.92 Å². The monoisotopic (exact) mass is 429 g/mol. The first-order valence-corrected chi connectivity index (χ1v) is 11.0. The van der Waals surface area contributed by atoms with Crippen LogP contribution >= 0.6 is 0 Å². The van der Waals surface area contributed by atoms with E-state index in [4.69, 9.17) is 9.15 Å². The number of benzene rings is 1. The van der Waals surface area contributed by atoms with Gasteiger partial charge in [-0.05, 0) is 61.7 Å². The number of aromatic nitrogens is 2. The van der Waals surface area contributed by atoms with Gasteiger partial charge in [-0.2, -0.15) is 0 Å². The molecule has 0 saturated carbocycles. The van der Waals surface area contributed by atoms with Crippen LogP contribution in [0.5, 0.6) is 0 Å². The summed E-state index contributed by atoms with van der Waals surface area (Å²) in [6.07, 6.45) is 5.64. The smallest absolute Gasteiger partial charge is 0.289 e. The van der Waals surface area contributed by atoms with Gasteiger partial charge < -0.3 is 19.0 Å². The molecule has 6 heteroatoms. The predicted molar refractivity (Wildman–Crippen MR) is 124 cm³/mol. The molecule has 32 heavy (non-hydrogen) atoms. The third-order valence-corrected chi connectivity index (χ3v) is 6.23. The van der Waals surface area contributed by atoms with Crippen molar-refractivity contribution in [3.05, 3.63) is 77.6 Å². The van der Waals surface area contributed by atoms with Crippen LogP contribution in [-0.2, 0) is 11.3 Å². The van der Waals surface area contributed by atoms with Gasteiger partial charge >= 0.3 is 0 Å². The number of aromatic amines is 1. The van der Waals surface area contributed by atoms with Crippen LogP contribution in [-0.4, -0.2) is 41.0 Å². The van der Waals surface area contributed by atoms with Crippen LogP contribution in [0.2, 0.25) is 0 Å². The summed E-state index contributed by atoms with van der Waals surface area (Å²) in [5.41, 5.74) is 5.89. The maximum atomic E-state index is 13.1. The molecule has 1 aliphatic rings. The molecule has 0 bridgehead atoms. The standard InChI is InChI=1S/C26H27N3O3/c1-17-5-7-22-21(14-17)24(18-9-11-27-12-10-18)25(28-22)19-4-3-13-29(15-19)26(30)23-8-6-20(32-23)16-31-2/h5-12,14,19,28H,3-4,13,15-16H2,1-2H3. The number of nitrogens with one attached hydrogen (secondary N) is 1. The number of piperidine rings is 1. The summed E-state index contributed by atoms with van der Waals surface area (Å²) in [4.78, 5) is 22.9. The van der Waals surface area contributed by atoms with Crippen LogP contribution < -0.4 is 0 Å². The normalized spacial score (nSPS) is 16.6. The van der Waals surface area contributed by atoms with Crippen molar-refractivity contribution in [2.45, 2.75) is 32.3 Å². The number of aryl methyl sites for hydroxylation is 1. The van der Waals surface area contributed by atoms with Crippen molar-refractivity contribution in [1.29, 1.82) is 0 Å². The van der Waals surface area contributed by atoms with E-state index < -0.39 is 0 Å². The highest BCUT2D eigenvalue weighted by molar-refractivity contribution is 5.98. The minimum atomic E-state index is -0.0607. The summed E-state index contributed by atoms with van der Waals surface area (Å²) in [6, 6.07) is 14.2. The number of carbonyl (C=O) groups is 1. The molecule has 6 nitrogen and oxygen atoms in total. The molecule has 0 spiro atoms. The van der Waals surface area contributed by atoms with Crippen molar-refractivity contribution >= 4 is 16.8 Å². The summed E-state index contributed by atoms with van der Waals surface area (Å²) in [6.45, 7) is 3.87.